The van der Waals surface area contributed by atoms with E-state index in [0.29, 0.717) is 0 Å². The molecule has 0 heterocycles. The Labute approximate surface area is 370 Å². The van der Waals surface area contributed by atoms with Gasteiger partial charge in [-0.2, -0.15) is 0 Å². The third-order valence-electron chi connectivity index (χ3n) is 11.4. The van der Waals surface area contributed by atoms with Crippen molar-refractivity contribution < 1.29 is 33.0 Å². The molecular weight excluding hydrogens is 830 g/mol. The SMILES string of the molecule is CC(C)(C)c1ccc2cc(OP(Oc3cc4ccc(C(C)(C)C)cc4cc3C(C)(C)C)Oc3cc4ccc(C(C)(C)C)cc4cc3C(C)(C)C)c(C(C)(C)C)cc2c1.[Rh]. The third-order valence-corrected chi connectivity index (χ3v) is 12.4. The summed E-state index contributed by atoms with van der Waals surface area (Å²) in [5, 5.41) is 6.98. The van der Waals surface area contributed by atoms with Crippen molar-refractivity contribution in [3.8, 4) is 17.2 Å². The number of hydrogen-bond acceptors (Lipinski definition) is 3. The molecule has 59 heavy (non-hydrogen) atoms. The molecule has 6 rings (SSSR count). The average molecular weight is 900 g/mol. The van der Waals surface area contributed by atoms with Crippen molar-refractivity contribution in [3.63, 3.8) is 0 Å². The summed E-state index contributed by atoms with van der Waals surface area (Å²) >= 11 is 0. The summed E-state index contributed by atoms with van der Waals surface area (Å²) < 4.78 is 21.6. The van der Waals surface area contributed by atoms with Crippen LogP contribution in [0.1, 0.15) is 158 Å². The van der Waals surface area contributed by atoms with Gasteiger partial charge in [0.15, 0.2) is 0 Å². The first-order valence-electron chi connectivity index (χ1n) is 21.1. The minimum Gasteiger partial charge on any atom is -0.408 e. The summed E-state index contributed by atoms with van der Waals surface area (Å²) in [4.78, 5) is 0. The molecule has 0 saturated carbocycles. The van der Waals surface area contributed by atoms with E-state index in [4.69, 9.17) is 13.6 Å². The maximum Gasteiger partial charge on any atom is 0.530 e. The van der Waals surface area contributed by atoms with Crippen molar-refractivity contribution >= 4 is 40.9 Å². The molecule has 317 valence electrons. The molecule has 0 unspecified atom stereocenters. The molecule has 0 aromatic heterocycles. The first-order chi connectivity index (χ1) is 26.5. The van der Waals surface area contributed by atoms with Gasteiger partial charge < -0.3 is 13.6 Å². The molecular formula is C54H69O3PRh. The van der Waals surface area contributed by atoms with Crippen LogP contribution in [0.3, 0.4) is 0 Å². The predicted octanol–water partition coefficient (Wildman–Crippen LogP) is 16.7. The van der Waals surface area contributed by atoms with Crippen LogP contribution < -0.4 is 13.6 Å². The van der Waals surface area contributed by atoms with E-state index < -0.39 is 8.60 Å². The maximum absolute atomic E-state index is 7.19. The smallest absolute Gasteiger partial charge is 0.408 e. The average Bonchev–Trinajstić information content (AvgIpc) is 3.07. The number of hydrogen-bond donors (Lipinski definition) is 0. The molecule has 6 aromatic rings. The Morgan fingerprint density at radius 1 is 0.288 bits per heavy atom. The van der Waals surface area contributed by atoms with E-state index in [2.05, 4.69) is 216 Å². The van der Waals surface area contributed by atoms with Crippen molar-refractivity contribution in [2.45, 2.75) is 157 Å². The first-order valence-corrected chi connectivity index (χ1v) is 22.2. The van der Waals surface area contributed by atoms with Crippen molar-refractivity contribution in [1.82, 2.24) is 0 Å². The van der Waals surface area contributed by atoms with E-state index in [9.17, 15) is 0 Å². The zero-order valence-electron chi connectivity index (χ0n) is 39.2. The standard InChI is InChI=1S/C54H69O3P.Rh/c1-49(2,3)40-22-19-34-31-46(43(52(10,11)12)28-37(34)25-40)55-58(56-47-32-35-20-23-41(50(4,5)6)26-38(35)29-44(47)53(13,14)15)57-48-33-36-21-24-42(51(7,8)9)27-39(36)30-45(48)54(16,17)18;/h19-33H,1-18H3;. The van der Waals surface area contributed by atoms with Gasteiger partial charge in [-0.05, 0) is 118 Å². The van der Waals surface area contributed by atoms with Gasteiger partial charge in [-0.3, -0.25) is 0 Å². The number of fused-ring (bicyclic) bond motifs is 3. The fourth-order valence-electron chi connectivity index (χ4n) is 7.51. The largest absolute Gasteiger partial charge is 0.530 e. The summed E-state index contributed by atoms with van der Waals surface area (Å²) in [6.07, 6.45) is 0. The molecule has 0 bridgehead atoms. The van der Waals surface area contributed by atoms with Crippen molar-refractivity contribution in [1.29, 1.82) is 0 Å². The molecule has 0 aliphatic carbocycles. The Hall–Kier alpha value is -3.45. The number of rotatable bonds is 6. The molecule has 0 amide bonds. The van der Waals surface area contributed by atoms with Crippen molar-refractivity contribution in [2.75, 3.05) is 0 Å². The van der Waals surface area contributed by atoms with Gasteiger partial charge >= 0.3 is 8.60 Å². The molecule has 1 radical (unpaired) electrons. The van der Waals surface area contributed by atoms with Crippen molar-refractivity contribution in [3.05, 3.63) is 124 Å². The van der Waals surface area contributed by atoms with Gasteiger partial charge in [0.1, 0.15) is 17.2 Å². The Kier molecular flexibility index (Phi) is 12.7. The van der Waals surface area contributed by atoms with Crippen LogP contribution in [0.2, 0.25) is 0 Å². The summed E-state index contributed by atoms with van der Waals surface area (Å²) in [5.41, 5.74) is 6.75. The second-order valence-corrected chi connectivity index (χ2v) is 23.7. The Bertz CT molecular complexity index is 2210. The molecule has 6 aromatic carbocycles. The zero-order valence-corrected chi connectivity index (χ0v) is 41.7. The maximum atomic E-state index is 7.19. The molecule has 0 aliphatic rings. The van der Waals surface area contributed by atoms with E-state index in [0.717, 1.165) is 50.1 Å². The van der Waals surface area contributed by atoms with Crippen LogP contribution in [0.5, 0.6) is 17.2 Å². The Balaban J connectivity index is 0.00000661. The Morgan fingerprint density at radius 3 is 0.729 bits per heavy atom. The fourth-order valence-corrected chi connectivity index (χ4v) is 8.56. The molecule has 0 N–H and O–H groups in total. The number of benzene rings is 6. The van der Waals surface area contributed by atoms with Crippen LogP contribution in [-0.2, 0) is 52.0 Å². The molecule has 0 aliphatic heterocycles. The molecule has 0 saturated heterocycles. The Morgan fingerprint density at radius 2 is 0.525 bits per heavy atom. The molecule has 0 spiro atoms. The van der Waals surface area contributed by atoms with Crippen LogP contribution in [-0.4, -0.2) is 0 Å². The van der Waals surface area contributed by atoms with Crippen LogP contribution in [0.15, 0.2) is 91.0 Å². The third kappa shape index (κ3) is 10.5. The molecule has 3 nitrogen and oxygen atoms in total. The topological polar surface area (TPSA) is 27.7 Å². The molecule has 0 fully saturated rings. The summed E-state index contributed by atoms with van der Waals surface area (Å²) in [6.45, 7) is 40.6. The second-order valence-electron chi connectivity index (χ2n) is 22.7. The van der Waals surface area contributed by atoms with Crippen LogP contribution >= 0.6 is 8.60 Å². The van der Waals surface area contributed by atoms with E-state index in [1.807, 2.05) is 0 Å². The van der Waals surface area contributed by atoms with Gasteiger partial charge in [0.05, 0.1) is 0 Å². The van der Waals surface area contributed by atoms with E-state index in [1.54, 1.807) is 0 Å². The summed E-state index contributed by atoms with van der Waals surface area (Å²) in [6, 6.07) is 33.8. The normalized spacial score (nSPS) is 13.3. The van der Waals surface area contributed by atoms with Crippen LogP contribution in [0.4, 0.5) is 0 Å². The summed E-state index contributed by atoms with van der Waals surface area (Å²) in [5.74, 6) is 2.32. The molecule has 0 atom stereocenters. The van der Waals surface area contributed by atoms with Gasteiger partial charge in [-0.25, -0.2) is 0 Å². The first kappa shape index (κ1) is 46.6. The monoisotopic (exact) mass is 899 g/mol. The van der Waals surface area contributed by atoms with E-state index >= 15 is 0 Å². The fraction of sp³-hybridized carbons (Fsp3) is 0.444. The minimum absolute atomic E-state index is 0. The van der Waals surface area contributed by atoms with E-state index in [1.165, 1.54) is 32.8 Å². The zero-order chi connectivity index (χ0) is 43.0. The van der Waals surface area contributed by atoms with Gasteiger partial charge in [0, 0.05) is 36.2 Å². The quantitative estimate of drug-likeness (QED) is 0.123. The van der Waals surface area contributed by atoms with Gasteiger partial charge in [-0.1, -0.05) is 179 Å². The van der Waals surface area contributed by atoms with Gasteiger partial charge in [0.2, 0.25) is 0 Å². The van der Waals surface area contributed by atoms with Crippen LogP contribution in [0.25, 0.3) is 32.3 Å². The van der Waals surface area contributed by atoms with Gasteiger partial charge in [-0.15, -0.1) is 0 Å². The van der Waals surface area contributed by atoms with Crippen molar-refractivity contribution in [2.24, 2.45) is 0 Å². The predicted molar refractivity (Wildman–Crippen MR) is 253 cm³/mol. The van der Waals surface area contributed by atoms with Gasteiger partial charge in [0.25, 0.3) is 0 Å². The van der Waals surface area contributed by atoms with E-state index in [-0.39, 0.29) is 52.0 Å². The van der Waals surface area contributed by atoms with Crippen LogP contribution in [0, 0.1) is 0 Å². The molecule has 5 heteroatoms. The minimum atomic E-state index is -2.02. The summed E-state index contributed by atoms with van der Waals surface area (Å²) in [7, 11) is -2.02. The second kappa shape index (κ2) is 16.1.